The Morgan fingerprint density at radius 3 is 2.43 bits per heavy atom. The van der Waals surface area contributed by atoms with Crippen LogP contribution in [0.2, 0.25) is 0 Å². The molecule has 1 heterocycles. The first-order chi connectivity index (χ1) is 10.6. The minimum absolute atomic E-state index is 0.0572. The van der Waals surface area contributed by atoms with E-state index in [0.29, 0.717) is 16.7 Å². The van der Waals surface area contributed by atoms with E-state index >= 15 is 0 Å². The number of anilines is 1. The van der Waals surface area contributed by atoms with E-state index in [9.17, 15) is 8.42 Å². The minimum Gasteiger partial charge on any atom is -0.346 e. The van der Waals surface area contributed by atoms with Gasteiger partial charge in [-0.3, -0.25) is 5.10 Å². The number of hydrogen-bond acceptors (Lipinski definition) is 5. The summed E-state index contributed by atoms with van der Waals surface area (Å²) in [7, 11) is -0.00230. The number of rotatable bonds is 5. The maximum Gasteiger partial charge on any atom is 0.244 e. The molecule has 0 fully saturated rings. The van der Waals surface area contributed by atoms with Gasteiger partial charge in [-0.15, -0.1) is 5.10 Å². The van der Waals surface area contributed by atoms with Gasteiger partial charge in [-0.2, -0.15) is 4.98 Å². The van der Waals surface area contributed by atoms with E-state index in [1.807, 2.05) is 47.0 Å². The summed E-state index contributed by atoms with van der Waals surface area (Å²) in [6.45, 7) is 6.02. The first-order valence-corrected chi connectivity index (χ1v) is 8.77. The highest BCUT2D eigenvalue weighted by Gasteiger charge is 2.25. The smallest absolute Gasteiger partial charge is 0.244 e. The predicted molar refractivity (Wildman–Crippen MR) is 89.9 cm³/mol. The van der Waals surface area contributed by atoms with E-state index in [1.165, 1.54) is 0 Å². The first kappa shape index (κ1) is 17.4. The maximum absolute atomic E-state index is 12.6. The molecular weight excluding hydrogens is 314 g/mol. The Balaban J connectivity index is 2.22. The third-order valence-corrected chi connectivity index (χ3v) is 4.79. The standard InChI is InChI=1S/C15H23N5O2S/c1-15(2,3)11-8-6-7-9-12(11)23(21,22)16-10-13-17-14(19-18-13)20(4)5/h6-9,16H,10H2,1-5H3,(H,17,18,19). The second-order valence-electron chi connectivity index (χ2n) is 6.55. The lowest BCUT2D eigenvalue weighted by molar-refractivity contribution is 0.554. The largest absolute Gasteiger partial charge is 0.346 e. The first-order valence-electron chi connectivity index (χ1n) is 7.29. The summed E-state index contributed by atoms with van der Waals surface area (Å²) in [5.41, 5.74) is 0.509. The van der Waals surface area contributed by atoms with Crippen molar-refractivity contribution in [1.29, 1.82) is 0 Å². The van der Waals surface area contributed by atoms with Crippen LogP contribution in [0.5, 0.6) is 0 Å². The van der Waals surface area contributed by atoms with E-state index in [0.717, 1.165) is 5.56 Å². The zero-order chi connectivity index (χ0) is 17.3. The topological polar surface area (TPSA) is 91.0 Å². The number of benzene rings is 1. The molecule has 2 rings (SSSR count). The van der Waals surface area contributed by atoms with Crippen LogP contribution < -0.4 is 9.62 Å². The van der Waals surface area contributed by atoms with Crippen LogP contribution in [0.1, 0.15) is 32.2 Å². The van der Waals surface area contributed by atoms with Gasteiger partial charge in [-0.25, -0.2) is 13.1 Å². The Kier molecular flexibility index (Phi) is 4.76. The van der Waals surface area contributed by atoms with E-state index in [-0.39, 0.29) is 12.0 Å². The lowest BCUT2D eigenvalue weighted by Crippen LogP contribution is -2.27. The fourth-order valence-electron chi connectivity index (χ4n) is 2.13. The lowest BCUT2D eigenvalue weighted by Gasteiger charge is -2.22. The van der Waals surface area contributed by atoms with Gasteiger partial charge in [0.2, 0.25) is 16.0 Å². The summed E-state index contributed by atoms with van der Waals surface area (Å²) in [4.78, 5) is 6.24. The van der Waals surface area contributed by atoms with E-state index in [4.69, 9.17) is 0 Å². The molecule has 2 N–H and O–H groups in total. The molecule has 0 bridgehead atoms. The van der Waals surface area contributed by atoms with Crippen LogP contribution in [-0.4, -0.2) is 37.7 Å². The van der Waals surface area contributed by atoms with Crippen LogP contribution in [-0.2, 0) is 22.0 Å². The number of hydrogen-bond donors (Lipinski definition) is 2. The Morgan fingerprint density at radius 2 is 1.87 bits per heavy atom. The molecule has 8 heteroatoms. The number of aromatic nitrogens is 3. The highest BCUT2D eigenvalue weighted by Crippen LogP contribution is 2.28. The number of sulfonamides is 1. The average Bonchev–Trinajstić information content (AvgIpc) is 2.93. The monoisotopic (exact) mass is 337 g/mol. The zero-order valence-electron chi connectivity index (χ0n) is 14.1. The molecule has 0 radical (unpaired) electrons. The second kappa shape index (κ2) is 6.29. The van der Waals surface area contributed by atoms with Crippen molar-refractivity contribution in [1.82, 2.24) is 19.9 Å². The van der Waals surface area contributed by atoms with Crippen molar-refractivity contribution < 1.29 is 8.42 Å². The summed E-state index contributed by atoms with van der Waals surface area (Å²) in [6.07, 6.45) is 0. The molecule has 0 aliphatic rings. The van der Waals surface area contributed by atoms with Crippen molar-refractivity contribution in [2.75, 3.05) is 19.0 Å². The Hall–Kier alpha value is -1.93. The van der Waals surface area contributed by atoms with Crippen LogP contribution in [0, 0.1) is 0 Å². The third-order valence-electron chi connectivity index (χ3n) is 3.33. The van der Waals surface area contributed by atoms with Gasteiger partial charge in [0, 0.05) is 14.1 Å². The van der Waals surface area contributed by atoms with Crippen molar-refractivity contribution in [2.45, 2.75) is 37.6 Å². The minimum atomic E-state index is -3.63. The molecule has 0 atom stereocenters. The number of H-pyrrole nitrogens is 1. The number of nitrogens with zero attached hydrogens (tertiary/aromatic N) is 3. The van der Waals surface area contributed by atoms with Crippen LogP contribution >= 0.6 is 0 Å². The Bertz CT molecular complexity index is 775. The molecular formula is C15H23N5O2S. The van der Waals surface area contributed by atoms with Gasteiger partial charge < -0.3 is 4.90 Å². The highest BCUT2D eigenvalue weighted by molar-refractivity contribution is 7.89. The molecule has 126 valence electrons. The molecule has 0 saturated carbocycles. The van der Waals surface area contributed by atoms with Crippen molar-refractivity contribution in [3.63, 3.8) is 0 Å². The van der Waals surface area contributed by atoms with Crippen molar-refractivity contribution in [2.24, 2.45) is 0 Å². The SMILES string of the molecule is CN(C)c1n[nH]c(CNS(=O)(=O)c2ccccc2C(C)(C)C)n1. The third kappa shape index (κ3) is 4.08. The molecule has 1 aromatic carbocycles. The van der Waals surface area contributed by atoms with Crippen molar-refractivity contribution in [3.8, 4) is 0 Å². The van der Waals surface area contributed by atoms with E-state index in [2.05, 4.69) is 19.9 Å². The van der Waals surface area contributed by atoms with Gasteiger partial charge in [0.25, 0.3) is 0 Å². The molecule has 0 aliphatic heterocycles. The Morgan fingerprint density at radius 1 is 1.22 bits per heavy atom. The summed E-state index contributed by atoms with van der Waals surface area (Å²) in [6, 6.07) is 7.03. The molecule has 0 unspecified atom stereocenters. The average molecular weight is 337 g/mol. The molecule has 0 aliphatic carbocycles. The molecule has 23 heavy (non-hydrogen) atoms. The van der Waals surface area contributed by atoms with E-state index in [1.54, 1.807) is 17.0 Å². The Labute approximate surface area is 137 Å². The normalized spacial score (nSPS) is 12.4. The van der Waals surface area contributed by atoms with Crippen LogP contribution in [0.15, 0.2) is 29.2 Å². The lowest BCUT2D eigenvalue weighted by atomic mass is 9.87. The van der Waals surface area contributed by atoms with Gasteiger partial charge in [-0.1, -0.05) is 39.0 Å². The van der Waals surface area contributed by atoms with Crippen LogP contribution in [0.25, 0.3) is 0 Å². The summed E-state index contributed by atoms with van der Waals surface area (Å²) < 4.78 is 27.8. The van der Waals surface area contributed by atoms with Crippen LogP contribution in [0.3, 0.4) is 0 Å². The quantitative estimate of drug-likeness (QED) is 0.865. The van der Waals surface area contributed by atoms with E-state index < -0.39 is 10.0 Å². The van der Waals surface area contributed by atoms with Crippen molar-refractivity contribution >= 4 is 16.0 Å². The molecule has 0 amide bonds. The predicted octanol–water partition coefficient (Wildman–Crippen LogP) is 1.65. The van der Waals surface area contributed by atoms with Gasteiger partial charge in [0.15, 0.2) is 0 Å². The summed E-state index contributed by atoms with van der Waals surface area (Å²) in [5.74, 6) is 0.972. The molecule has 0 spiro atoms. The van der Waals surface area contributed by atoms with Gasteiger partial charge >= 0.3 is 0 Å². The number of aromatic amines is 1. The fraction of sp³-hybridized carbons (Fsp3) is 0.467. The number of nitrogens with one attached hydrogen (secondary N) is 2. The van der Waals surface area contributed by atoms with Crippen LogP contribution in [0.4, 0.5) is 5.95 Å². The zero-order valence-corrected chi connectivity index (χ0v) is 14.9. The molecule has 7 nitrogen and oxygen atoms in total. The van der Waals surface area contributed by atoms with Crippen molar-refractivity contribution in [3.05, 3.63) is 35.7 Å². The molecule has 1 aromatic heterocycles. The molecule has 0 saturated heterocycles. The second-order valence-corrected chi connectivity index (χ2v) is 8.28. The highest BCUT2D eigenvalue weighted by atomic mass is 32.2. The summed E-state index contributed by atoms with van der Waals surface area (Å²) >= 11 is 0. The molecule has 2 aromatic rings. The maximum atomic E-state index is 12.6. The fourth-order valence-corrected chi connectivity index (χ4v) is 3.53. The van der Waals surface area contributed by atoms with Gasteiger partial charge in [0.1, 0.15) is 5.82 Å². The van der Waals surface area contributed by atoms with Gasteiger partial charge in [-0.05, 0) is 17.0 Å². The van der Waals surface area contributed by atoms with Gasteiger partial charge in [0.05, 0.1) is 11.4 Å². The summed E-state index contributed by atoms with van der Waals surface area (Å²) in [5, 5.41) is 6.73.